The Bertz CT molecular complexity index is 928. The Labute approximate surface area is 129 Å². The van der Waals surface area contributed by atoms with Crippen LogP contribution in [0.1, 0.15) is 5.56 Å². The number of rotatable bonds is 5. The summed E-state index contributed by atoms with van der Waals surface area (Å²) in [5.74, 6) is 0. The first kappa shape index (κ1) is 14.6. The maximum Gasteiger partial charge on any atom is 0.269 e. The summed E-state index contributed by atoms with van der Waals surface area (Å²) in [5, 5.41) is 12.3. The van der Waals surface area contributed by atoms with Crippen molar-refractivity contribution in [2.45, 2.75) is 11.6 Å². The van der Waals surface area contributed by atoms with Gasteiger partial charge in [0.05, 0.1) is 4.92 Å². The molecule has 0 spiro atoms. The number of benzene rings is 1. The molecule has 2 aromatic heterocycles. The van der Waals surface area contributed by atoms with Crippen LogP contribution < -0.4 is 4.72 Å². The van der Waals surface area contributed by atoms with Crippen molar-refractivity contribution in [3.8, 4) is 0 Å². The van der Waals surface area contributed by atoms with Gasteiger partial charge in [0, 0.05) is 30.3 Å². The molecule has 114 valence electrons. The van der Waals surface area contributed by atoms with E-state index < -0.39 is 14.9 Å². The molecule has 0 unspecified atom stereocenters. The van der Waals surface area contributed by atoms with Gasteiger partial charge in [0.25, 0.3) is 15.7 Å². The van der Waals surface area contributed by atoms with E-state index in [1.807, 2.05) is 0 Å². The largest absolute Gasteiger partial charge is 0.296 e. The van der Waals surface area contributed by atoms with Crippen LogP contribution in [0.3, 0.4) is 0 Å². The predicted octanol–water partition coefficient (Wildman–Crippen LogP) is 1.78. The number of fused-ring (bicyclic) bond motifs is 1. The normalized spacial score (nSPS) is 11.8. The van der Waals surface area contributed by atoms with Gasteiger partial charge in [-0.25, -0.2) is 18.1 Å². The molecule has 0 saturated carbocycles. The molecule has 0 bridgehead atoms. The fourth-order valence-electron chi connectivity index (χ4n) is 1.88. The highest BCUT2D eigenvalue weighted by Gasteiger charge is 2.21. The van der Waals surface area contributed by atoms with Crippen molar-refractivity contribution in [3.63, 3.8) is 0 Å². The third-order valence-electron chi connectivity index (χ3n) is 2.99. The van der Waals surface area contributed by atoms with Crippen molar-refractivity contribution in [1.29, 1.82) is 0 Å². The number of hydrogen-bond acceptors (Lipinski definition) is 6. The van der Waals surface area contributed by atoms with Gasteiger partial charge < -0.3 is 0 Å². The number of nitro benzene ring substituents is 1. The van der Waals surface area contributed by atoms with Gasteiger partial charge in [-0.15, -0.1) is 11.3 Å². The van der Waals surface area contributed by atoms with Crippen LogP contribution in [0, 0.1) is 10.1 Å². The summed E-state index contributed by atoms with van der Waals surface area (Å²) in [7, 11) is -3.74. The molecule has 0 atom stereocenters. The van der Waals surface area contributed by atoms with Crippen LogP contribution in [0.4, 0.5) is 5.69 Å². The first-order valence-corrected chi connectivity index (χ1v) is 8.47. The molecule has 22 heavy (non-hydrogen) atoms. The molecule has 0 amide bonds. The number of imidazole rings is 1. The molecule has 1 aromatic carbocycles. The van der Waals surface area contributed by atoms with E-state index in [2.05, 4.69) is 9.71 Å². The lowest BCUT2D eigenvalue weighted by molar-refractivity contribution is -0.384. The van der Waals surface area contributed by atoms with E-state index in [1.165, 1.54) is 41.9 Å². The molecule has 0 saturated heterocycles. The van der Waals surface area contributed by atoms with Gasteiger partial charge in [-0.3, -0.25) is 14.5 Å². The van der Waals surface area contributed by atoms with E-state index in [-0.39, 0.29) is 17.3 Å². The molecule has 0 radical (unpaired) electrons. The van der Waals surface area contributed by atoms with Gasteiger partial charge >= 0.3 is 0 Å². The number of nitro groups is 1. The topological polar surface area (TPSA) is 107 Å². The minimum atomic E-state index is -3.74. The lowest BCUT2D eigenvalue weighted by Gasteiger charge is -2.04. The molecule has 10 heteroatoms. The summed E-state index contributed by atoms with van der Waals surface area (Å²) in [6, 6.07) is 5.68. The molecular formula is C12H10N4O4S2. The molecule has 8 nitrogen and oxygen atoms in total. The Morgan fingerprint density at radius 3 is 2.73 bits per heavy atom. The lowest BCUT2D eigenvalue weighted by Crippen LogP contribution is -2.23. The number of sulfonamides is 1. The Morgan fingerprint density at radius 2 is 2.05 bits per heavy atom. The van der Waals surface area contributed by atoms with E-state index in [0.29, 0.717) is 10.4 Å². The molecule has 0 aliphatic heterocycles. The Kier molecular flexibility index (Phi) is 3.64. The maximum absolute atomic E-state index is 12.3. The van der Waals surface area contributed by atoms with E-state index in [0.717, 1.165) is 0 Å². The first-order chi connectivity index (χ1) is 10.5. The van der Waals surface area contributed by atoms with Gasteiger partial charge in [-0.1, -0.05) is 12.1 Å². The maximum atomic E-state index is 12.3. The van der Waals surface area contributed by atoms with Crippen molar-refractivity contribution < 1.29 is 13.3 Å². The van der Waals surface area contributed by atoms with Crippen LogP contribution in [-0.4, -0.2) is 22.7 Å². The molecule has 0 fully saturated rings. The number of non-ortho nitro benzene ring substituents is 1. The average Bonchev–Trinajstić information content (AvgIpc) is 3.08. The smallest absolute Gasteiger partial charge is 0.269 e. The second kappa shape index (κ2) is 5.48. The van der Waals surface area contributed by atoms with Gasteiger partial charge in [0.15, 0.2) is 0 Å². The zero-order chi connectivity index (χ0) is 15.7. The number of nitrogens with zero attached hydrogens (tertiary/aromatic N) is 3. The third-order valence-corrected chi connectivity index (χ3v) is 5.33. The summed E-state index contributed by atoms with van der Waals surface area (Å²) in [6.45, 7) is 0.0325. The first-order valence-electron chi connectivity index (χ1n) is 6.10. The molecule has 0 aliphatic rings. The fraction of sp³-hybridized carbons (Fsp3) is 0.0833. The average molecular weight is 338 g/mol. The van der Waals surface area contributed by atoms with E-state index in [1.54, 1.807) is 16.0 Å². The molecule has 3 rings (SSSR count). The van der Waals surface area contributed by atoms with Crippen LogP contribution >= 0.6 is 11.3 Å². The molecule has 2 heterocycles. The van der Waals surface area contributed by atoms with Crippen LogP contribution in [0.5, 0.6) is 0 Å². The lowest BCUT2D eigenvalue weighted by atomic mass is 10.2. The zero-order valence-electron chi connectivity index (χ0n) is 11.0. The second-order valence-electron chi connectivity index (χ2n) is 4.41. The minimum absolute atomic E-state index is 0.0237. The molecule has 1 N–H and O–H groups in total. The standard InChI is InChI=1S/C12H10N4O4S2/c17-16(18)10-3-1-9(2-4-10)7-14-22(19,20)11-12-15(8-13-11)5-6-21-12/h1-6,8,14H,7H2. The summed E-state index contributed by atoms with van der Waals surface area (Å²) in [5.41, 5.74) is 0.580. The van der Waals surface area contributed by atoms with Gasteiger partial charge in [-0.05, 0) is 5.56 Å². The van der Waals surface area contributed by atoms with Crippen LogP contribution in [0.15, 0.2) is 47.2 Å². The van der Waals surface area contributed by atoms with Crippen molar-refractivity contribution in [3.05, 3.63) is 57.8 Å². The number of aromatic nitrogens is 2. The van der Waals surface area contributed by atoms with Gasteiger partial charge in [0.2, 0.25) is 5.03 Å². The Hall–Kier alpha value is -2.30. The van der Waals surface area contributed by atoms with Crippen molar-refractivity contribution in [2.24, 2.45) is 0 Å². The summed E-state index contributed by atoms with van der Waals surface area (Å²) in [6.07, 6.45) is 3.16. The quantitative estimate of drug-likeness (QED) is 0.564. The van der Waals surface area contributed by atoms with Crippen molar-refractivity contribution in [2.75, 3.05) is 0 Å². The van der Waals surface area contributed by atoms with Gasteiger partial charge in [-0.2, -0.15) is 0 Å². The molecule has 3 aromatic rings. The predicted molar refractivity (Wildman–Crippen MR) is 80.2 cm³/mol. The monoisotopic (exact) mass is 338 g/mol. The molecular weight excluding hydrogens is 328 g/mol. The van der Waals surface area contributed by atoms with Crippen molar-refractivity contribution >= 4 is 31.9 Å². The summed E-state index contributed by atoms with van der Waals surface area (Å²) < 4.78 is 28.6. The summed E-state index contributed by atoms with van der Waals surface area (Å²) in [4.78, 5) is 14.5. The van der Waals surface area contributed by atoms with Gasteiger partial charge in [0.1, 0.15) is 11.2 Å². The number of thiazole rings is 1. The zero-order valence-corrected chi connectivity index (χ0v) is 12.7. The fourth-order valence-corrected chi connectivity index (χ4v) is 4.07. The van der Waals surface area contributed by atoms with Crippen LogP contribution in [0.2, 0.25) is 0 Å². The second-order valence-corrected chi connectivity index (χ2v) is 6.99. The SMILES string of the molecule is O=[N+]([O-])c1ccc(CNS(=O)(=O)c2ncn3ccsc23)cc1. The summed E-state index contributed by atoms with van der Waals surface area (Å²) >= 11 is 1.28. The minimum Gasteiger partial charge on any atom is -0.296 e. The highest BCUT2D eigenvalue weighted by atomic mass is 32.2. The molecule has 0 aliphatic carbocycles. The van der Waals surface area contributed by atoms with E-state index in [9.17, 15) is 18.5 Å². The highest BCUT2D eigenvalue weighted by Crippen LogP contribution is 2.20. The Morgan fingerprint density at radius 1 is 1.32 bits per heavy atom. The van der Waals surface area contributed by atoms with E-state index >= 15 is 0 Å². The van der Waals surface area contributed by atoms with Crippen LogP contribution in [0.25, 0.3) is 4.83 Å². The van der Waals surface area contributed by atoms with Crippen LogP contribution in [-0.2, 0) is 16.6 Å². The number of hydrogen-bond donors (Lipinski definition) is 1. The van der Waals surface area contributed by atoms with Crippen molar-refractivity contribution in [1.82, 2.24) is 14.1 Å². The van der Waals surface area contributed by atoms with E-state index in [4.69, 9.17) is 0 Å². The Balaban J connectivity index is 1.78. The number of nitrogens with one attached hydrogen (secondary N) is 1. The third kappa shape index (κ3) is 2.71. The highest BCUT2D eigenvalue weighted by molar-refractivity contribution is 7.89.